The summed E-state index contributed by atoms with van der Waals surface area (Å²) >= 11 is 6.28. The van der Waals surface area contributed by atoms with Gasteiger partial charge in [-0.2, -0.15) is 4.40 Å². The molecule has 6 N–H and O–H groups in total. The van der Waals surface area contributed by atoms with Crippen molar-refractivity contribution in [2.45, 2.75) is 24.5 Å². The van der Waals surface area contributed by atoms with Gasteiger partial charge in [-0.3, -0.25) is 9.59 Å². The van der Waals surface area contributed by atoms with Crippen molar-refractivity contribution >= 4 is 47.4 Å². The third-order valence-corrected chi connectivity index (χ3v) is 4.90. The van der Waals surface area contributed by atoms with Gasteiger partial charge in [-0.1, -0.05) is 11.6 Å². The van der Waals surface area contributed by atoms with E-state index in [1.807, 2.05) is 0 Å². The Hall–Kier alpha value is -2.64. The van der Waals surface area contributed by atoms with E-state index in [9.17, 15) is 28.3 Å². The number of carboxylic acid groups (broad SMARTS) is 1. The Balaban J connectivity index is 1.95. The first kappa shape index (κ1) is 23.6. The standard InChI is InChI=1S/C16H17ClF2N4O6S/c17-6-1-9(18)8(10(19)2-6)5-29-14-12(13(20)27)15(30-23-14)22-16(28)21-4-7(24)3-11(25)26/h1-2,7,12,15,24H,3-5H2,(H2,20,27)(H,25,26)(H2,21,22,28). The summed E-state index contributed by atoms with van der Waals surface area (Å²) in [6.07, 6.45) is -1.88. The predicted molar refractivity (Wildman–Crippen MR) is 102 cm³/mol. The molecule has 0 fully saturated rings. The number of urea groups is 1. The molecule has 14 heteroatoms. The van der Waals surface area contributed by atoms with Crippen LogP contribution in [-0.2, 0) is 20.9 Å². The number of aliphatic carboxylic acids is 1. The summed E-state index contributed by atoms with van der Waals surface area (Å²) in [5.74, 6) is -5.52. The van der Waals surface area contributed by atoms with Gasteiger partial charge in [-0.25, -0.2) is 13.6 Å². The van der Waals surface area contributed by atoms with E-state index in [0.717, 1.165) is 24.1 Å². The van der Waals surface area contributed by atoms with E-state index in [2.05, 4.69) is 15.0 Å². The molecule has 30 heavy (non-hydrogen) atoms. The second-order valence-corrected chi connectivity index (χ2v) is 7.42. The molecule has 0 saturated carbocycles. The van der Waals surface area contributed by atoms with Gasteiger partial charge in [0.1, 0.15) is 29.5 Å². The van der Waals surface area contributed by atoms with Crippen LogP contribution in [0.2, 0.25) is 5.02 Å². The second kappa shape index (κ2) is 10.4. The van der Waals surface area contributed by atoms with E-state index in [0.29, 0.717) is 0 Å². The predicted octanol–water partition coefficient (Wildman–Crippen LogP) is 0.757. The summed E-state index contributed by atoms with van der Waals surface area (Å²) in [5.41, 5.74) is 4.89. The number of aliphatic hydroxyl groups is 1. The summed E-state index contributed by atoms with van der Waals surface area (Å²) in [7, 11) is 0. The first-order chi connectivity index (χ1) is 14.1. The average Bonchev–Trinajstić information content (AvgIpc) is 3.01. The number of carbonyl (C=O) groups is 3. The minimum absolute atomic E-state index is 0.138. The first-order valence-electron chi connectivity index (χ1n) is 8.32. The average molecular weight is 467 g/mol. The number of nitrogens with one attached hydrogen (secondary N) is 2. The quantitative estimate of drug-likeness (QED) is 0.353. The fourth-order valence-corrected chi connectivity index (χ4v) is 3.48. The molecule has 3 unspecified atom stereocenters. The lowest BCUT2D eigenvalue weighted by molar-refractivity contribution is -0.139. The summed E-state index contributed by atoms with van der Waals surface area (Å²) in [5, 5.41) is 21.5. The highest BCUT2D eigenvalue weighted by atomic mass is 35.5. The molecule has 0 spiro atoms. The van der Waals surface area contributed by atoms with Crippen molar-refractivity contribution in [3.05, 3.63) is 34.4 Å². The number of hydrogen-bond donors (Lipinski definition) is 5. The first-order valence-corrected chi connectivity index (χ1v) is 9.53. The molecule has 10 nitrogen and oxygen atoms in total. The Labute approximate surface area is 177 Å². The topological polar surface area (TPSA) is 163 Å². The number of benzene rings is 1. The molecule has 2 rings (SSSR count). The van der Waals surface area contributed by atoms with E-state index >= 15 is 0 Å². The molecule has 3 amide bonds. The van der Waals surface area contributed by atoms with Crippen molar-refractivity contribution in [3.63, 3.8) is 0 Å². The van der Waals surface area contributed by atoms with E-state index < -0.39 is 65.5 Å². The maximum absolute atomic E-state index is 13.9. The lowest BCUT2D eigenvalue weighted by Gasteiger charge is -2.19. The van der Waals surface area contributed by atoms with Crippen LogP contribution in [0, 0.1) is 17.6 Å². The number of primary amides is 1. The molecule has 1 heterocycles. The van der Waals surface area contributed by atoms with Crippen LogP contribution in [0.1, 0.15) is 12.0 Å². The Morgan fingerprint density at radius 3 is 2.53 bits per heavy atom. The number of amides is 3. The molecule has 0 aliphatic carbocycles. The van der Waals surface area contributed by atoms with Gasteiger partial charge in [-0.15, -0.1) is 0 Å². The van der Waals surface area contributed by atoms with Crippen LogP contribution in [0.3, 0.4) is 0 Å². The molecule has 0 bridgehead atoms. The number of aliphatic hydroxyl groups excluding tert-OH is 1. The Bertz CT molecular complexity index is 851. The van der Waals surface area contributed by atoms with Gasteiger partial charge in [0, 0.05) is 23.5 Å². The van der Waals surface area contributed by atoms with Crippen molar-refractivity contribution in [2.75, 3.05) is 6.54 Å². The van der Waals surface area contributed by atoms with Gasteiger partial charge in [0.25, 0.3) is 0 Å². The molecule has 0 radical (unpaired) electrons. The van der Waals surface area contributed by atoms with E-state index in [1.165, 1.54) is 0 Å². The Kier molecular flexibility index (Phi) is 8.20. The molecule has 0 aromatic heterocycles. The largest absolute Gasteiger partial charge is 0.481 e. The highest BCUT2D eigenvalue weighted by Crippen LogP contribution is 2.30. The van der Waals surface area contributed by atoms with Crippen LogP contribution in [0.15, 0.2) is 16.5 Å². The van der Waals surface area contributed by atoms with Crippen molar-refractivity contribution < 1.29 is 38.1 Å². The highest BCUT2D eigenvalue weighted by molar-refractivity contribution is 7.99. The van der Waals surface area contributed by atoms with Crippen LogP contribution in [0.25, 0.3) is 0 Å². The van der Waals surface area contributed by atoms with Gasteiger partial charge in [-0.05, 0) is 12.1 Å². The molecule has 1 aliphatic heterocycles. The number of hydrogen-bond acceptors (Lipinski definition) is 7. The van der Waals surface area contributed by atoms with Crippen molar-refractivity contribution in [2.24, 2.45) is 16.0 Å². The number of rotatable bonds is 8. The molecular formula is C16H17ClF2N4O6S. The van der Waals surface area contributed by atoms with Gasteiger partial charge in [0.05, 0.1) is 18.1 Å². The molecule has 3 atom stereocenters. The molecule has 1 aromatic carbocycles. The zero-order chi connectivity index (χ0) is 22.4. The SMILES string of the molecule is NC(=O)C1C(OCc2c(F)cc(Cl)cc2F)=NSC1NC(=O)NCC(O)CC(=O)O. The van der Waals surface area contributed by atoms with Crippen LogP contribution in [0.5, 0.6) is 0 Å². The number of carbonyl (C=O) groups excluding carboxylic acids is 2. The van der Waals surface area contributed by atoms with Crippen LogP contribution >= 0.6 is 23.5 Å². The van der Waals surface area contributed by atoms with Crippen LogP contribution in [-0.4, -0.2) is 52.0 Å². The lowest BCUT2D eigenvalue weighted by atomic mass is 10.1. The minimum atomic E-state index is -1.31. The second-order valence-electron chi connectivity index (χ2n) is 6.08. The number of halogens is 3. The number of carboxylic acids is 1. The van der Waals surface area contributed by atoms with Crippen molar-refractivity contribution in [1.82, 2.24) is 10.6 Å². The zero-order valence-corrected chi connectivity index (χ0v) is 16.7. The monoisotopic (exact) mass is 466 g/mol. The minimum Gasteiger partial charge on any atom is -0.481 e. The van der Waals surface area contributed by atoms with Gasteiger partial charge >= 0.3 is 12.0 Å². The van der Waals surface area contributed by atoms with E-state index in [4.69, 9.17) is 27.2 Å². The maximum Gasteiger partial charge on any atom is 0.315 e. The summed E-state index contributed by atoms with van der Waals surface area (Å²) in [4.78, 5) is 34.2. The molecule has 1 aliphatic rings. The zero-order valence-electron chi connectivity index (χ0n) is 15.1. The number of nitrogens with two attached hydrogens (primary N) is 1. The Morgan fingerprint density at radius 1 is 1.33 bits per heavy atom. The molecule has 1 aromatic rings. The van der Waals surface area contributed by atoms with Gasteiger partial charge < -0.3 is 31.3 Å². The fraction of sp³-hybridized carbons (Fsp3) is 0.375. The number of ether oxygens (including phenoxy) is 1. The third kappa shape index (κ3) is 6.43. The Morgan fingerprint density at radius 2 is 1.97 bits per heavy atom. The molecule has 164 valence electrons. The molecular weight excluding hydrogens is 450 g/mol. The maximum atomic E-state index is 13.9. The summed E-state index contributed by atoms with van der Waals surface area (Å²) in [6.45, 7) is -0.950. The summed E-state index contributed by atoms with van der Waals surface area (Å²) < 4.78 is 36.8. The smallest absolute Gasteiger partial charge is 0.315 e. The van der Waals surface area contributed by atoms with Crippen molar-refractivity contribution in [1.29, 1.82) is 0 Å². The molecule has 0 saturated heterocycles. The normalized spacial score (nSPS) is 19.0. The van der Waals surface area contributed by atoms with Gasteiger partial charge in [0.2, 0.25) is 11.8 Å². The van der Waals surface area contributed by atoms with Gasteiger partial charge in [0.15, 0.2) is 0 Å². The highest BCUT2D eigenvalue weighted by Gasteiger charge is 2.40. The van der Waals surface area contributed by atoms with Crippen molar-refractivity contribution in [3.8, 4) is 0 Å². The van der Waals surface area contributed by atoms with E-state index in [1.54, 1.807) is 0 Å². The lowest BCUT2D eigenvalue weighted by Crippen LogP contribution is -2.49. The van der Waals surface area contributed by atoms with E-state index in [-0.39, 0.29) is 17.5 Å². The third-order valence-electron chi connectivity index (χ3n) is 3.78. The van der Waals surface area contributed by atoms with Crippen LogP contribution < -0.4 is 16.4 Å². The number of nitrogens with zero attached hydrogens (tertiary/aromatic N) is 1. The summed E-state index contributed by atoms with van der Waals surface area (Å²) in [6, 6.07) is 0.968. The van der Waals surface area contributed by atoms with Crippen LogP contribution in [0.4, 0.5) is 13.6 Å². The fourth-order valence-electron chi connectivity index (χ4n) is 2.37.